The van der Waals surface area contributed by atoms with Crippen molar-refractivity contribution < 1.29 is 23.4 Å². The van der Waals surface area contributed by atoms with Crippen molar-refractivity contribution in [3.05, 3.63) is 47.5 Å². The summed E-state index contributed by atoms with van der Waals surface area (Å²) in [6, 6.07) is 7.87. The van der Waals surface area contributed by atoms with Crippen LogP contribution in [0.1, 0.15) is 6.42 Å². The summed E-state index contributed by atoms with van der Waals surface area (Å²) in [7, 11) is 5.02. The molecule has 9 nitrogen and oxygen atoms in total. The maximum absolute atomic E-state index is 14.5. The lowest BCUT2D eigenvalue weighted by Gasteiger charge is -2.17. The number of methoxy groups -OCH3 is 2. The predicted molar refractivity (Wildman–Crippen MR) is 131 cm³/mol. The van der Waals surface area contributed by atoms with E-state index < -0.39 is 5.82 Å². The molecule has 1 amide bonds. The summed E-state index contributed by atoms with van der Waals surface area (Å²) in [6.07, 6.45) is 1.66. The van der Waals surface area contributed by atoms with Gasteiger partial charge in [-0.2, -0.15) is 0 Å². The third-order valence-corrected chi connectivity index (χ3v) is 6.13. The van der Waals surface area contributed by atoms with Gasteiger partial charge in [-0.3, -0.25) is 9.69 Å². The van der Waals surface area contributed by atoms with Crippen LogP contribution in [-0.2, 0) is 9.53 Å². The van der Waals surface area contributed by atoms with E-state index in [-0.39, 0.29) is 28.8 Å². The quantitative estimate of drug-likeness (QED) is 0.429. The summed E-state index contributed by atoms with van der Waals surface area (Å²) < 4.78 is 31.3. The van der Waals surface area contributed by atoms with E-state index in [0.717, 1.165) is 0 Å². The zero-order valence-corrected chi connectivity index (χ0v) is 20.4. The molecule has 2 aromatic carbocycles. The number of fused-ring (bicyclic) bond motifs is 1. The summed E-state index contributed by atoms with van der Waals surface area (Å²) in [5, 5.41) is 6.48. The van der Waals surface area contributed by atoms with Gasteiger partial charge in [0.05, 0.1) is 36.0 Å². The second-order valence-electron chi connectivity index (χ2n) is 8.18. The Hall–Kier alpha value is -3.21. The van der Waals surface area contributed by atoms with Crippen LogP contribution in [0, 0.1) is 5.82 Å². The Labute approximate surface area is 207 Å². The van der Waals surface area contributed by atoms with Crippen LogP contribution in [0.25, 0.3) is 10.9 Å². The highest BCUT2D eigenvalue weighted by Crippen LogP contribution is 2.37. The van der Waals surface area contributed by atoms with Crippen LogP contribution in [0.4, 0.5) is 15.9 Å². The molecular formula is C24H27ClFN5O4. The van der Waals surface area contributed by atoms with E-state index in [4.69, 9.17) is 25.8 Å². The number of hydrogen-bond acceptors (Lipinski definition) is 8. The average molecular weight is 504 g/mol. The fraction of sp³-hybridized carbons (Fsp3) is 0.375. The smallest absolute Gasteiger partial charge is 0.237 e. The highest BCUT2D eigenvalue weighted by molar-refractivity contribution is 6.31. The molecule has 0 radical (unpaired) electrons. The van der Waals surface area contributed by atoms with Crippen LogP contribution in [-0.4, -0.2) is 73.9 Å². The third-order valence-electron chi connectivity index (χ3n) is 5.84. The Kier molecular flexibility index (Phi) is 7.84. The number of carbonyl (C=O) groups is 1. The van der Waals surface area contributed by atoms with Gasteiger partial charge in [-0.15, -0.1) is 0 Å². The largest absolute Gasteiger partial charge is 0.493 e. The van der Waals surface area contributed by atoms with E-state index in [2.05, 4.69) is 20.6 Å². The molecular weight excluding hydrogens is 477 g/mol. The van der Waals surface area contributed by atoms with E-state index in [1.54, 1.807) is 38.5 Å². The van der Waals surface area contributed by atoms with Crippen LogP contribution < -0.4 is 20.1 Å². The Bertz CT molecular complexity index is 1210. The van der Waals surface area contributed by atoms with Crippen molar-refractivity contribution in [3.63, 3.8) is 0 Å². The number of aromatic nitrogens is 2. The molecule has 0 unspecified atom stereocenters. The summed E-state index contributed by atoms with van der Waals surface area (Å²) in [6.45, 7) is 1.47. The molecule has 1 saturated heterocycles. The zero-order chi connectivity index (χ0) is 24.9. The molecule has 1 fully saturated rings. The van der Waals surface area contributed by atoms with Gasteiger partial charge in [0.15, 0.2) is 17.3 Å². The molecule has 0 bridgehead atoms. The minimum atomic E-state index is -0.574. The van der Waals surface area contributed by atoms with Gasteiger partial charge >= 0.3 is 0 Å². The third kappa shape index (κ3) is 5.55. The fourth-order valence-corrected chi connectivity index (χ4v) is 4.24. The highest BCUT2D eigenvalue weighted by atomic mass is 35.5. The molecule has 186 valence electrons. The number of benzene rings is 2. The summed E-state index contributed by atoms with van der Waals surface area (Å²) in [5.41, 5.74) is 0.781. The van der Waals surface area contributed by atoms with E-state index in [9.17, 15) is 9.18 Å². The van der Waals surface area contributed by atoms with Crippen molar-refractivity contribution in [2.24, 2.45) is 0 Å². The number of halogens is 2. The molecule has 1 aliphatic rings. The van der Waals surface area contributed by atoms with Crippen LogP contribution in [0.5, 0.6) is 11.5 Å². The first kappa shape index (κ1) is 24.9. The standard InChI is InChI=1S/C24H27ClFN5O4/c1-31-12-14(9-19(31)24(32)27-7-8-33-2)35-21-10-15-18(11-20(21)34-3)28-13-29-23(15)30-17-6-4-5-16(25)22(17)26/h4-6,10-11,13-14,19H,7-9,12H2,1-3H3,(H,27,32)(H,28,29,30)/t14-,19-/m0/s1. The molecule has 11 heteroatoms. The Morgan fingerprint density at radius 2 is 2.09 bits per heavy atom. The summed E-state index contributed by atoms with van der Waals surface area (Å²) in [4.78, 5) is 23.1. The number of amides is 1. The second-order valence-corrected chi connectivity index (χ2v) is 8.59. The van der Waals surface area contributed by atoms with Gasteiger partial charge in [0, 0.05) is 38.1 Å². The first-order valence-corrected chi connectivity index (χ1v) is 11.5. The molecule has 2 heterocycles. The Morgan fingerprint density at radius 3 is 2.86 bits per heavy atom. The summed E-state index contributed by atoms with van der Waals surface area (Å²) >= 11 is 5.92. The Morgan fingerprint density at radius 1 is 1.26 bits per heavy atom. The predicted octanol–water partition coefficient (Wildman–Crippen LogP) is 3.39. The zero-order valence-electron chi connectivity index (χ0n) is 19.7. The molecule has 0 saturated carbocycles. The minimum absolute atomic E-state index is 0.00483. The molecule has 0 spiro atoms. The van der Waals surface area contributed by atoms with Gasteiger partial charge in [0.25, 0.3) is 0 Å². The fourth-order valence-electron chi connectivity index (χ4n) is 4.06. The number of nitrogens with zero attached hydrogens (tertiary/aromatic N) is 3. The van der Waals surface area contributed by atoms with E-state index in [1.807, 2.05) is 11.9 Å². The number of rotatable bonds is 9. The lowest BCUT2D eigenvalue weighted by Crippen LogP contribution is -2.42. The Balaban J connectivity index is 1.58. The first-order chi connectivity index (χ1) is 16.9. The normalized spacial score (nSPS) is 18.0. The molecule has 4 rings (SSSR count). The average Bonchev–Trinajstić information content (AvgIpc) is 3.22. The maximum atomic E-state index is 14.5. The molecule has 3 aromatic rings. The highest BCUT2D eigenvalue weighted by Gasteiger charge is 2.36. The van der Waals surface area contributed by atoms with Gasteiger partial charge < -0.3 is 24.8 Å². The van der Waals surface area contributed by atoms with Crippen molar-refractivity contribution >= 4 is 39.9 Å². The van der Waals surface area contributed by atoms with E-state index >= 15 is 0 Å². The number of nitrogens with one attached hydrogen (secondary N) is 2. The minimum Gasteiger partial charge on any atom is -0.493 e. The van der Waals surface area contributed by atoms with Gasteiger partial charge in [0.1, 0.15) is 18.2 Å². The topological polar surface area (TPSA) is 97.8 Å². The van der Waals surface area contributed by atoms with Crippen molar-refractivity contribution in [1.29, 1.82) is 0 Å². The number of ether oxygens (including phenoxy) is 3. The lowest BCUT2D eigenvalue weighted by molar-refractivity contribution is -0.125. The monoisotopic (exact) mass is 503 g/mol. The maximum Gasteiger partial charge on any atom is 0.237 e. The van der Waals surface area contributed by atoms with Crippen molar-refractivity contribution in [3.8, 4) is 11.5 Å². The SMILES string of the molecule is COCCNC(=O)[C@@H]1C[C@H](Oc2cc3c(Nc4cccc(Cl)c4F)ncnc3cc2OC)CN1C. The molecule has 35 heavy (non-hydrogen) atoms. The van der Waals surface area contributed by atoms with Crippen LogP contribution in [0.2, 0.25) is 5.02 Å². The lowest BCUT2D eigenvalue weighted by atomic mass is 10.1. The van der Waals surface area contributed by atoms with Crippen LogP contribution in [0.3, 0.4) is 0 Å². The molecule has 2 N–H and O–H groups in total. The van der Waals surface area contributed by atoms with Crippen molar-refractivity contribution in [1.82, 2.24) is 20.2 Å². The number of likely N-dealkylation sites (N-methyl/N-ethyl adjacent to an activating group) is 1. The first-order valence-electron chi connectivity index (χ1n) is 11.1. The second kappa shape index (κ2) is 11.0. The van der Waals surface area contributed by atoms with Crippen molar-refractivity contribution in [2.75, 3.05) is 46.3 Å². The summed E-state index contributed by atoms with van der Waals surface area (Å²) in [5.74, 6) is 0.719. The van der Waals surface area contributed by atoms with Gasteiger partial charge in [0.2, 0.25) is 5.91 Å². The number of anilines is 2. The molecule has 2 atom stereocenters. The number of carbonyl (C=O) groups excluding carboxylic acids is 1. The molecule has 1 aliphatic heterocycles. The van der Waals surface area contributed by atoms with E-state index in [1.165, 1.54) is 12.4 Å². The van der Waals surface area contributed by atoms with Gasteiger partial charge in [-0.25, -0.2) is 14.4 Å². The molecule has 0 aliphatic carbocycles. The van der Waals surface area contributed by atoms with E-state index in [0.29, 0.717) is 54.3 Å². The van der Waals surface area contributed by atoms with Crippen molar-refractivity contribution in [2.45, 2.75) is 18.6 Å². The number of likely N-dealkylation sites (tertiary alicyclic amines) is 1. The van der Waals surface area contributed by atoms with Crippen LogP contribution >= 0.6 is 11.6 Å². The molecule has 1 aromatic heterocycles. The van der Waals surface area contributed by atoms with Gasteiger partial charge in [-0.05, 0) is 25.2 Å². The number of hydrogen-bond donors (Lipinski definition) is 2. The van der Waals surface area contributed by atoms with Crippen LogP contribution in [0.15, 0.2) is 36.7 Å². The van der Waals surface area contributed by atoms with Gasteiger partial charge in [-0.1, -0.05) is 17.7 Å².